The Morgan fingerprint density at radius 2 is 2.29 bits per heavy atom. The molecule has 1 heterocycles. The highest BCUT2D eigenvalue weighted by Gasteiger charge is 2.26. The van der Waals surface area contributed by atoms with Gasteiger partial charge in [-0.2, -0.15) is 5.10 Å². The molecule has 2 amide bonds. The lowest BCUT2D eigenvalue weighted by Crippen LogP contribution is -2.29. The number of carbonyl (C=O) groups excluding carboxylic acids is 2. The molecule has 0 aliphatic heterocycles. The smallest absolute Gasteiger partial charge is 0.250 e. The molecule has 0 unspecified atom stereocenters. The molecule has 3 rings (SSSR count). The maximum absolute atomic E-state index is 12.6. The van der Waals surface area contributed by atoms with Crippen LogP contribution in [0, 0.1) is 5.92 Å². The standard InChI is InChI=1S/C17H20N4O3/c1-2-24-12-4-6-15(13(8-12)16(18)22)20-17(23)10-3-5-14-11(7-10)9-19-21-14/h4,6,8-10H,2-3,5,7H2,1H3,(H2,18,22)(H,19,21)(H,20,23)/t10-/m1/s1. The molecule has 1 aliphatic rings. The minimum atomic E-state index is -0.604. The van der Waals surface area contributed by atoms with E-state index in [-0.39, 0.29) is 17.4 Å². The van der Waals surface area contributed by atoms with Crippen molar-refractivity contribution in [1.29, 1.82) is 0 Å². The van der Waals surface area contributed by atoms with E-state index in [1.165, 1.54) is 0 Å². The fourth-order valence-corrected chi connectivity index (χ4v) is 2.97. The van der Waals surface area contributed by atoms with Crippen LogP contribution < -0.4 is 15.8 Å². The molecule has 0 bridgehead atoms. The Morgan fingerprint density at radius 1 is 1.46 bits per heavy atom. The normalized spacial score (nSPS) is 16.3. The van der Waals surface area contributed by atoms with E-state index in [9.17, 15) is 9.59 Å². The van der Waals surface area contributed by atoms with Gasteiger partial charge in [0.1, 0.15) is 5.75 Å². The molecule has 0 fully saturated rings. The molecule has 0 saturated heterocycles. The summed E-state index contributed by atoms with van der Waals surface area (Å²) in [4.78, 5) is 24.2. The number of benzene rings is 1. The van der Waals surface area contributed by atoms with Gasteiger partial charge in [-0.25, -0.2) is 0 Å². The maximum Gasteiger partial charge on any atom is 0.250 e. The summed E-state index contributed by atoms with van der Waals surface area (Å²) in [5.74, 6) is -0.325. The minimum Gasteiger partial charge on any atom is -0.494 e. The van der Waals surface area contributed by atoms with E-state index in [2.05, 4.69) is 15.5 Å². The number of H-pyrrole nitrogens is 1. The second kappa shape index (κ2) is 6.74. The number of fused-ring (bicyclic) bond motifs is 1. The van der Waals surface area contributed by atoms with Crippen LogP contribution in [0.5, 0.6) is 5.75 Å². The van der Waals surface area contributed by atoms with Gasteiger partial charge in [-0.05, 0) is 49.9 Å². The fraction of sp³-hybridized carbons (Fsp3) is 0.353. The van der Waals surface area contributed by atoms with Gasteiger partial charge in [0.05, 0.1) is 24.1 Å². The number of aromatic amines is 1. The number of aromatic nitrogens is 2. The van der Waals surface area contributed by atoms with E-state index in [1.54, 1.807) is 24.4 Å². The predicted octanol–water partition coefficient (Wildman–Crippen LogP) is 1.65. The Morgan fingerprint density at radius 3 is 3.04 bits per heavy atom. The third-order valence-electron chi connectivity index (χ3n) is 4.21. The van der Waals surface area contributed by atoms with E-state index in [0.717, 1.165) is 24.1 Å². The first kappa shape index (κ1) is 16.0. The number of hydrogen-bond donors (Lipinski definition) is 3. The third kappa shape index (κ3) is 3.24. The van der Waals surface area contributed by atoms with Gasteiger partial charge in [0, 0.05) is 11.6 Å². The van der Waals surface area contributed by atoms with Crippen LogP contribution in [0.25, 0.3) is 0 Å². The van der Waals surface area contributed by atoms with E-state index in [4.69, 9.17) is 10.5 Å². The summed E-state index contributed by atoms with van der Waals surface area (Å²) < 4.78 is 5.37. The fourth-order valence-electron chi connectivity index (χ4n) is 2.97. The summed E-state index contributed by atoms with van der Waals surface area (Å²) >= 11 is 0. The number of rotatable bonds is 5. The average Bonchev–Trinajstić information content (AvgIpc) is 3.03. The van der Waals surface area contributed by atoms with Crippen LogP contribution >= 0.6 is 0 Å². The summed E-state index contributed by atoms with van der Waals surface area (Å²) in [5, 5.41) is 9.79. The Kier molecular flexibility index (Phi) is 4.50. The monoisotopic (exact) mass is 328 g/mol. The highest BCUT2D eigenvalue weighted by molar-refractivity contribution is 6.03. The van der Waals surface area contributed by atoms with Crippen molar-refractivity contribution < 1.29 is 14.3 Å². The molecule has 7 nitrogen and oxygen atoms in total. The van der Waals surface area contributed by atoms with Crippen LogP contribution in [0.2, 0.25) is 0 Å². The van der Waals surface area contributed by atoms with Gasteiger partial charge in [-0.1, -0.05) is 0 Å². The Balaban J connectivity index is 1.76. The van der Waals surface area contributed by atoms with E-state index >= 15 is 0 Å². The second-order valence-corrected chi connectivity index (χ2v) is 5.81. The van der Waals surface area contributed by atoms with Crippen molar-refractivity contribution in [2.75, 3.05) is 11.9 Å². The zero-order chi connectivity index (χ0) is 17.1. The number of nitrogens with two attached hydrogens (primary N) is 1. The van der Waals surface area contributed by atoms with E-state index < -0.39 is 5.91 Å². The molecular formula is C17H20N4O3. The summed E-state index contributed by atoms with van der Waals surface area (Å²) in [6, 6.07) is 4.91. The molecule has 0 radical (unpaired) electrons. The van der Waals surface area contributed by atoms with Crippen molar-refractivity contribution in [2.24, 2.45) is 11.7 Å². The van der Waals surface area contributed by atoms with Gasteiger partial charge in [-0.15, -0.1) is 0 Å². The molecule has 1 aromatic carbocycles. The first-order valence-corrected chi connectivity index (χ1v) is 7.97. The largest absolute Gasteiger partial charge is 0.494 e. The molecule has 1 aliphatic carbocycles. The number of anilines is 1. The molecule has 1 aromatic heterocycles. The van der Waals surface area contributed by atoms with Crippen LogP contribution in [-0.4, -0.2) is 28.6 Å². The topological polar surface area (TPSA) is 110 Å². The summed E-state index contributed by atoms with van der Waals surface area (Å²) in [5.41, 5.74) is 8.25. The SMILES string of the molecule is CCOc1ccc(NC(=O)[C@@H]2CCc3[nH]ncc3C2)c(C(N)=O)c1. The Bertz CT molecular complexity index is 769. The van der Waals surface area contributed by atoms with Crippen molar-refractivity contribution in [3.63, 3.8) is 0 Å². The quantitative estimate of drug-likeness (QED) is 0.775. The lowest BCUT2D eigenvalue weighted by Gasteiger charge is -2.21. The Labute approximate surface area is 139 Å². The summed E-state index contributed by atoms with van der Waals surface area (Å²) in [6.07, 6.45) is 3.93. The summed E-state index contributed by atoms with van der Waals surface area (Å²) in [6.45, 7) is 2.34. The maximum atomic E-state index is 12.6. The van der Waals surface area contributed by atoms with Gasteiger partial charge in [0.2, 0.25) is 5.91 Å². The highest BCUT2D eigenvalue weighted by atomic mass is 16.5. The van der Waals surface area contributed by atoms with Gasteiger partial charge in [0.15, 0.2) is 0 Å². The van der Waals surface area contributed by atoms with Crippen LogP contribution in [0.3, 0.4) is 0 Å². The lowest BCUT2D eigenvalue weighted by molar-refractivity contribution is -0.120. The predicted molar refractivity (Wildman–Crippen MR) is 88.9 cm³/mol. The molecule has 126 valence electrons. The number of ether oxygens (including phenoxy) is 1. The lowest BCUT2D eigenvalue weighted by atomic mass is 9.87. The molecule has 24 heavy (non-hydrogen) atoms. The van der Waals surface area contributed by atoms with Gasteiger partial charge >= 0.3 is 0 Å². The third-order valence-corrected chi connectivity index (χ3v) is 4.21. The molecule has 0 spiro atoms. The number of nitrogens with one attached hydrogen (secondary N) is 2. The number of nitrogens with zero attached hydrogens (tertiary/aromatic N) is 1. The molecule has 7 heteroatoms. The minimum absolute atomic E-state index is 0.117. The van der Waals surface area contributed by atoms with Crippen LogP contribution in [-0.2, 0) is 17.6 Å². The van der Waals surface area contributed by atoms with Crippen LogP contribution in [0.15, 0.2) is 24.4 Å². The van der Waals surface area contributed by atoms with Gasteiger partial charge in [-0.3, -0.25) is 14.7 Å². The number of primary amides is 1. The molecular weight excluding hydrogens is 308 g/mol. The second-order valence-electron chi connectivity index (χ2n) is 5.81. The first-order chi connectivity index (χ1) is 11.6. The van der Waals surface area contributed by atoms with Crippen molar-refractivity contribution >= 4 is 17.5 Å². The number of hydrogen-bond acceptors (Lipinski definition) is 4. The number of amides is 2. The highest BCUT2D eigenvalue weighted by Crippen LogP contribution is 2.27. The van der Waals surface area contributed by atoms with Crippen molar-refractivity contribution in [2.45, 2.75) is 26.2 Å². The van der Waals surface area contributed by atoms with Gasteiger partial charge in [0.25, 0.3) is 5.91 Å². The van der Waals surface area contributed by atoms with Gasteiger partial charge < -0.3 is 15.8 Å². The zero-order valence-electron chi connectivity index (χ0n) is 13.5. The molecule has 0 saturated carbocycles. The number of carbonyl (C=O) groups is 2. The van der Waals surface area contributed by atoms with Crippen molar-refractivity contribution in [1.82, 2.24) is 10.2 Å². The van der Waals surface area contributed by atoms with Crippen LogP contribution in [0.4, 0.5) is 5.69 Å². The molecule has 1 atom stereocenters. The van der Waals surface area contributed by atoms with E-state index in [0.29, 0.717) is 24.5 Å². The van der Waals surface area contributed by atoms with Crippen LogP contribution in [0.1, 0.15) is 35.0 Å². The first-order valence-electron chi connectivity index (χ1n) is 7.97. The zero-order valence-corrected chi connectivity index (χ0v) is 13.5. The molecule has 4 N–H and O–H groups in total. The van der Waals surface area contributed by atoms with Crippen molar-refractivity contribution in [3.05, 3.63) is 41.2 Å². The Hall–Kier alpha value is -2.83. The number of aryl methyl sites for hydroxylation is 1. The molecule has 2 aromatic rings. The summed E-state index contributed by atoms with van der Waals surface area (Å²) in [7, 11) is 0. The average molecular weight is 328 g/mol. The van der Waals surface area contributed by atoms with Crippen molar-refractivity contribution in [3.8, 4) is 5.75 Å². The van der Waals surface area contributed by atoms with E-state index in [1.807, 2.05) is 6.92 Å².